The first kappa shape index (κ1) is 43.2. The second-order valence-corrected chi connectivity index (χ2v) is 17.0. The Morgan fingerprint density at radius 3 is 1.38 bits per heavy atom. The third-order valence-electron chi connectivity index (χ3n) is 11.2. The number of fused-ring (bicyclic) bond motifs is 4. The zero-order chi connectivity index (χ0) is 43.3. The normalized spacial score (nSPS) is 13.8. The molecule has 8 aromatic rings. The van der Waals surface area contributed by atoms with E-state index in [0.717, 1.165) is 65.6 Å². The van der Waals surface area contributed by atoms with Gasteiger partial charge < -0.3 is 33.8 Å². The lowest BCUT2D eigenvalue weighted by atomic mass is 9.84. The summed E-state index contributed by atoms with van der Waals surface area (Å²) in [5.41, 5.74) is 17.9. The summed E-state index contributed by atoms with van der Waals surface area (Å²) in [5, 5.41) is 8.99. The van der Waals surface area contributed by atoms with Crippen LogP contribution in [0.5, 0.6) is 0 Å². The second kappa shape index (κ2) is 17.4. The van der Waals surface area contributed by atoms with Gasteiger partial charge in [0, 0.05) is 98.5 Å². The summed E-state index contributed by atoms with van der Waals surface area (Å²) in [7, 11) is 0. The van der Waals surface area contributed by atoms with E-state index >= 15 is 0 Å². The lowest BCUT2D eigenvalue weighted by Crippen LogP contribution is -2.47. The number of morpholine rings is 1. The molecule has 4 N–H and O–H groups in total. The quantitative estimate of drug-likeness (QED) is 0.186. The number of aromatic nitrogens is 8. The highest BCUT2D eigenvalue weighted by Crippen LogP contribution is 2.29. The van der Waals surface area contributed by atoms with E-state index in [2.05, 4.69) is 63.1 Å². The molecule has 1 aliphatic heterocycles. The Kier molecular flexibility index (Phi) is 12.6. The van der Waals surface area contributed by atoms with E-state index in [1.165, 1.54) is 5.56 Å². The summed E-state index contributed by atoms with van der Waals surface area (Å²) < 4.78 is 13.3. The van der Waals surface area contributed by atoms with Crippen molar-refractivity contribution in [1.29, 1.82) is 5.26 Å². The first-order chi connectivity index (χ1) is 28.4. The minimum absolute atomic E-state index is 0.0253. The Bertz CT molecular complexity index is 2730. The molecule has 8 aromatic heterocycles. The fourth-order valence-corrected chi connectivity index (χ4v) is 6.71. The van der Waals surface area contributed by atoms with Crippen molar-refractivity contribution in [2.24, 2.45) is 11.5 Å². The first-order valence-electron chi connectivity index (χ1n) is 20.0. The van der Waals surface area contributed by atoms with Crippen LogP contribution in [0.25, 0.3) is 22.6 Å². The summed E-state index contributed by atoms with van der Waals surface area (Å²) in [6.07, 6.45) is 22.6. The number of primary amides is 1. The highest BCUT2D eigenvalue weighted by atomic mass is 16.5. The highest BCUT2D eigenvalue weighted by Gasteiger charge is 2.30. The molecule has 9 rings (SSSR count). The summed E-state index contributed by atoms with van der Waals surface area (Å²) in [4.78, 5) is 30.7. The molecule has 0 aliphatic carbocycles. The lowest BCUT2D eigenvalue weighted by molar-refractivity contribution is -0.122. The average Bonchev–Trinajstić information content (AvgIpc) is 4.08. The summed E-state index contributed by atoms with van der Waals surface area (Å²) in [6, 6.07) is 18.3. The van der Waals surface area contributed by atoms with Crippen LogP contribution in [0.4, 0.5) is 0 Å². The van der Waals surface area contributed by atoms with Crippen LogP contribution in [0.2, 0.25) is 0 Å². The maximum atomic E-state index is 11.3. The number of hydrogen-bond donors (Lipinski definition) is 2. The maximum Gasteiger partial charge on any atom is 0.227 e. The number of nitrogens with two attached hydrogens (primary N) is 2. The van der Waals surface area contributed by atoms with E-state index in [4.69, 9.17) is 21.5 Å². The Morgan fingerprint density at radius 2 is 0.967 bits per heavy atom. The minimum atomic E-state index is -0.659. The number of rotatable bonds is 6. The third kappa shape index (κ3) is 9.72. The SMILES string of the molecule is CC(C)(C#N)c1ccn2ccnc2c1.CC(C)(C(N)=O)c1ccn2ccnc2c1.CC(C)(N)c1ccn2ccnc2c1.CC(C)(c1ccn2ccnc2c1)N1CCOCC1. The molecular weight excluding hydrogens is 753 g/mol. The smallest absolute Gasteiger partial charge is 0.227 e. The largest absolute Gasteiger partial charge is 0.379 e. The summed E-state index contributed by atoms with van der Waals surface area (Å²) in [5.74, 6) is -0.335. The van der Waals surface area contributed by atoms with Gasteiger partial charge in [0.2, 0.25) is 5.91 Å². The Balaban J connectivity index is 0.000000135. The van der Waals surface area contributed by atoms with Gasteiger partial charge in [0.1, 0.15) is 22.6 Å². The molecule has 312 valence electrons. The molecule has 9 heterocycles. The van der Waals surface area contributed by atoms with E-state index in [9.17, 15) is 4.79 Å². The topological polar surface area (TPSA) is 175 Å². The van der Waals surface area contributed by atoms with E-state index in [-0.39, 0.29) is 17.0 Å². The molecule has 1 fully saturated rings. The van der Waals surface area contributed by atoms with Gasteiger partial charge in [-0.1, -0.05) is 0 Å². The third-order valence-corrected chi connectivity index (χ3v) is 11.2. The molecule has 14 nitrogen and oxygen atoms in total. The van der Waals surface area contributed by atoms with Crippen molar-refractivity contribution in [1.82, 2.24) is 42.4 Å². The van der Waals surface area contributed by atoms with Gasteiger partial charge in [-0.15, -0.1) is 0 Å². The second-order valence-electron chi connectivity index (χ2n) is 17.0. The predicted molar refractivity (Wildman–Crippen MR) is 234 cm³/mol. The first-order valence-corrected chi connectivity index (χ1v) is 20.0. The number of carbonyl (C=O) groups excluding carboxylic acids is 1. The standard InChI is InChI=1S/C14H19N3O.C11H13N3O.C11H11N3.C10H13N3/c1-14(2,17-7-9-18-10-8-17)12-3-5-16-6-4-15-13(16)11-12;1-11(2,10(12)15)8-3-5-14-6-4-13-9(14)7-8;1-11(2,8-12)9-3-5-14-6-4-13-10(14)7-9;1-10(2,11)8-3-5-13-6-4-12-9(13)7-8/h3-6,11H,7-10H2,1-2H3;3-7H,1-2H3,(H2,12,15);3-7H,1-2H3;3-7H,11H2,1-2H3. The van der Waals surface area contributed by atoms with Gasteiger partial charge in [-0.3, -0.25) is 9.69 Å². The number of imidazole rings is 4. The van der Waals surface area contributed by atoms with E-state index in [1.807, 2.05) is 145 Å². The van der Waals surface area contributed by atoms with Crippen molar-refractivity contribution in [3.05, 3.63) is 145 Å². The molecule has 14 heteroatoms. The zero-order valence-corrected chi connectivity index (χ0v) is 35.8. The average molecular weight is 809 g/mol. The molecule has 0 aromatic carbocycles. The van der Waals surface area contributed by atoms with Crippen LogP contribution < -0.4 is 11.5 Å². The summed E-state index contributed by atoms with van der Waals surface area (Å²) >= 11 is 0. The van der Waals surface area contributed by atoms with Crippen LogP contribution >= 0.6 is 0 Å². The van der Waals surface area contributed by atoms with Crippen molar-refractivity contribution < 1.29 is 9.53 Å². The number of amides is 1. The van der Waals surface area contributed by atoms with Crippen LogP contribution in [0.1, 0.15) is 77.6 Å². The number of hydrogen-bond acceptors (Lipinski definition) is 9. The molecule has 1 saturated heterocycles. The highest BCUT2D eigenvalue weighted by molar-refractivity contribution is 5.86. The molecule has 0 unspecified atom stereocenters. The van der Waals surface area contributed by atoms with Gasteiger partial charge in [0.15, 0.2) is 0 Å². The molecule has 0 atom stereocenters. The van der Waals surface area contributed by atoms with E-state index in [0.29, 0.717) is 0 Å². The maximum absolute atomic E-state index is 11.3. The fourth-order valence-electron chi connectivity index (χ4n) is 6.71. The monoisotopic (exact) mass is 808 g/mol. The number of nitriles is 1. The molecule has 0 spiro atoms. The fraction of sp³-hybridized carbons (Fsp3) is 0.348. The minimum Gasteiger partial charge on any atom is -0.379 e. The Morgan fingerprint density at radius 1 is 0.600 bits per heavy atom. The number of carbonyl (C=O) groups is 1. The van der Waals surface area contributed by atoms with E-state index < -0.39 is 10.8 Å². The molecular formula is C46H56N12O2. The summed E-state index contributed by atoms with van der Waals surface area (Å²) in [6.45, 7) is 19.6. The molecule has 0 saturated carbocycles. The van der Waals surface area contributed by atoms with Crippen LogP contribution in [-0.2, 0) is 31.4 Å². The van der Waals surface area contributed by atoms with Crippen molar-refractivity contribution in [3.8, 4) is 6.07 Å². The number of pyridine rings is 4. The number of nitrogens with zero attached hydrogens (tertiary/aromatic N) is 10. The van der Waals surface area contributed by atoms with E-state index in [1.54, 1.807) is 18.6 Å². The van der Waals surface area contributed by atoms with Gasteiger partial charge in [-0.05, 0) is 126 Å². The van der Waals surface area contributed by atoms with Gasteiger partial charge in [0.05, 0.1) is 30.1 Å². The molecule has 0 bridgehead atoms. The number of ether oxygens (including phenoxy) is 1. The zero-order valence-electron chi connectivity index (χ0n) is 35.8. The van der Waals surface area contributed by atoms with Gasteiger partial charge >= 0.3 is 0 Å². The van der Waals surface area contributed by atoms with Crippen molar-refractivity contribution >= 4 is 28.5 Å². The predicted octanol–water partition coefficient (Wildman–Crippen LogP) is 6.66. The Hall–Kier alpha value is -6.40. The van der Waals surface area contributed by atoms with Crippen LogP contribution in [-0.4, -0.2) is 74.6 Å². The van der Waals surface area contributed by atoms with Crippen LogP contribution in [0, 0.1) is 11.3 Å². The van der Waals surface area contributed by atoms with Crippen LogP contribution in [0.3, 0.4) is 0 Å². The molecule has 60 heavy (non-hydrogen) atoms. The van der Waals surface area contributed by atoms with Gasteiger partial charge in [-0.2, -0.15) is 5.26 Å². The molecule has 1 amide bonds. The van der Waals surface area contributed by atoms with Crippen molar-refractivity contribution in [2.45, 2.75) is 77.3 Å². The van der Waals surface area contributed by atoms with Gasteiger partial charge in [-0.25, -0.2) is 19.9 Å². The van der Waals surface area contributed by atoms with Gasteiger partial charge in [0.25, 0.3) is 0 Å². The Labute approximate surface area is 351 Å². The van der Waals surface area contributed by atoms with Crippen LogP contribution in [0.15, 0.2) is 123 Å². The lowest BCUT2D eigenvalue weighted by Gasteiger charge is -2.41. The van der Waals surface area contributed by atoms with Crippen molar-refractivity contribution in [2.75, 3.05) is 26.3 Å². The molecule has 0 radical (unpaired) electrons. The van der Waals surface area contributed by atoms with Crippen molar-refractivity contribution in [3.63, 3.8) is 0 Å². The molecule has 1 aliphatic rings.